The topological polar surface area (TPSA) is 23.5 Å². The van der Waals surface area contributed by atoms with Gasteiger partial charge in [0.05, 0.1) is 6.10 Å². The van der Waals surface area contributed by atoms with Crippen molar-refractivity contribution in [3.63, 3.8) is 0 Å². The Bertz CT molecular complexity index is 588. The summed E-state index contributed by atoms with van der Waals surface area (Å²) in [6.07, 6.45) is 3.64. The van der Waals surface area contributed by atoms with Gasteiger partial charge in [0, 0.05) is 11.6 Å². The monoisotopic (exact) mass is 301 g/mol. The predicted molar refractivity (Wildman–Crippen MR) is 90.3 cm³/mol. The molecule has 1 N–H and O–H groups in total. The number of aliphatic hydroxyl groups excluding tert-OH is 1. The van der Waals surface area contributed by atoms with Gasteiger partial charge in [-0.1, -0.05) is 60.2 Å². The average molecular weight is 302 g/mol. The molecule has 110 valence electrons. The molecule has 0 unspecified atom stereocenters. The van der Waals surface area contributed by atoms with Gasteiger partial charge in [-0.05, 0) is 42.9 Å². The third-order valence-corrected chi connectivity index (χ3v) is 3.45. The van der Waals surface area contributed by atoms with Crippen LogP contribution in [0.5, 0.6) is 0 Å². The minimum absolute atomic E-state index is 0.450. The van der Waals surface area contributed by atoms with Crippen molar-refractivity contribution in [2.75, 3.05) is 20.6 Å². The van der Waals surface area contributed by atoms with E-state index in [-0.39, 0.29) is 0 Å². The first-order chi connectivity index (χ1) is 10.0. The van der Waals surface area contributed by atoms with Gasteiger partial charge in [0.15, 0.2) is 0 Å². The van der Waals surface area contributed by atoms with Crippen LogP contribution in [0.15, 0.2) is 48.5 Å². The van der Waals surface area contributed by atoms with Crippen LogP contribution in [0.3, 0.4) is 0 Å². The van der Waals surface area contributed by atoms with Crippen molar-refractivity contribution in [3.05, 3.63) is 70.2 Å². The van der Waals surface area contributed by atoms with Gasteiger partial charge in [-0.15, -0.1) is 0 Å². The Morgan fingerprint density at radius 1 is 0.952 bits per heavy atom. The van der Waals surface area contributed by atoms with E-state index in [4.69, 9.17) is 11.6 Å². The summed E-state index contributed by atoms with van der Waals surface area (Å²) in [5.41, 5.74) is 3.15. The zero-order chi connectivity index (χ0) is 15.2. The Kier molecular flexibility index (Phi) is 5.57. The molecular weight excluding hydrogens is 282 g/mol. The summed E-state index contributed by atoms with van der Waals surface area (Å²) in [5, 5.41) is 10.8. The van der Waals surface area contributed by atoms with E-state index in [9.17, 15) is 5.11 Å². The minimum Gasteiger partial charge on any atom is -0.387 e. The van der Waals surface area contributed by atoms with Crippen LogP contribution in [0, 0.1) is 0 Å². The van der Waals surface area contributed by atoms with Crippen LogP contribution < -0.4 is 0 Å². The number of benzene rings is 2. The number of nitrogens with zero attached hydrogens (tertiary/aromatic N) is 1. The highest BCUT2D eigenvalue weighted by atomic mass is 35.5. The van der Waals surface area contributed by atoms with Crippen molar-refractivity contribution in [1.82, 2.24) is 4.90 Å². The third-order valence-electron chi connectivity index (χ3n) is 3.20. The van der Waals surface area contributed by atoms with Crippen LogP contribution in [0.4, 0.5) is 0 Å². The third kappa shape index (κ3) is 5.01. The number of likely N-dealkylation sites (N-methyl/N-ethyl adjacent to an activating group) is 1. The van der Waals surface area contributed by atoms with E-state index in [1.165, 1.54) is 0 Å². The second kappa shape index (κ2) is 7.41. The van der Waals surface area contributed by atoms with Crippen molar-refractivity contribution >= 4 is 23.8 Å². The highest BCUT2D eigenvalue weighted by molar-refractivity contribution is 6.30. The first kappa shape index (κ1) is 15.8. The standard InChI is InChI=1S/C18H20ClNO/c1-20(2)13-18(21)16-9-5-14(6-10-16)3-4-15-7-11-17(19)12-8-15/h3-12,18,21H,13H2,1-2H3/b4-3-/t18-/m1/s1. The summed E-state index contributed by atoms with van der Waals surface area (Å²) < 4.78 is 0. The summed E-state index contributed by atoms with van der Waals surface area (Å²) in [7, 11) is 3.90. The van der Waals surface area contributed by atoms with Crippen LogP contribution in [0.2, 0.25) is 5.02 Å². The molecule has 3 heteroatoms. The van der Waals surface area contributed by atoms with Crippen molar-refractivity contribution < 1.29 is 5.11 Å². The molecule has 0 saturated heterocycles. The highest BCUT2D eigenvalue weighted by Gasteiger charge is 2.07. The van der Waals surface area contributed by atoms with E-state index in [1.807, 2.05) is 79.7 Å². The van der Waals surface area contributed by atoms with E-state index in [2.05, 4.69) is 0 Å². The lowest BCUT2D eigenvalue weighted by Crippen LogP contribution is -2.19. The number of aliphatic hydroxyl groups is 1. The van der Waals surface area contributed by atoms with Crippen molar-refractivity contribution in [2.24, 2.45) is 0 Å². The molecule has 2 nitrogen and oxygen atoms in total. The molecule has 1 atom stereocenters. The van der Waals surface area contributed by atoms with Crippen LogP contribution >= 0.6 is 11.6 Å². The quantitative estimate of drug-likeness (QED) is 0.840. The van der Waals surface area contributed by atoms with Crippen molar-refractivity contribution in [2.45, 2.75) is 6.10 Å². The Morgan fingerprint density at radius 3 is 1.90 bits per heavy atom. The molecule has 0 radical (unpaired) electrons. The molecule has 0 aromatic heterocycles. The van der Waals surface area contributed by atoms with Crippen LogP contribution in [-0.4, -0.2) is 30.6 Å². The molecule has 2 aromatic carbocycles. The van der Waals surface area contributed by atoms with Gasteiger partial charge in [0.2, 0.25) is 0 Å². The van der Waals surface area contributed by atoms with Gasteiger partial charge in [-0.25, -0.2) is 0 Å². The van der Waals surface area contributed by atoms with Gasteiger partial charge < -0.3 is 10.0 Å². The molecule has 0 aliphatic carbocycles. The van der Waals surface area contributed by atoms with Crippen LogP contribution in [0.25, 0.3) is 12.2 Å². The van der Waals surface area contributed by atoms with E-state index in [0.29, 0.717) is 6.54 Å². The molecule has 0 aliphatic heterocycles. The number of hydrogen-bond donors (Lipinski definition) is 1. The summed E-state index contributed by atoms with van der Waals surface area (Å²) in [6.45, 7) is 0.625. The van der Waals surface area contributed by atoms with Crippen molar-refractivity contribution in [1.29, 1.82) is 0 Å². The highest BCUT2D eigenvalue weighted by Crippen LogP contribution is 2.16. The SMILES string of the molecule is CN(C)C[C@@H](O)c1ccc(/C=C\c2ccc(Cl)cc2)cc1. The number of rotatable bonds is 5. The van der Waals surface area contributed by atoms with E-state index >= 15 is 0 Å². The lowest BCUT2D eigenvalue weighted by atomic mass is 10.1. The lowest BCUT2D eigenvalue weighted by Gasteiger charge is -2.16. The van der Waals surface area contributed by atoms with Gasteiger partial charge in [0.1, 0.15) is 0 Å². The summed E-state index contributed by atoms with van der Waals surface area (Å²) in [5.74, 6) is 0. The van der Waals surface area contributed by atoms with Crippen LogP contribution in [-0.2, 0) is 0 Å². The molecule has 0 saturated carbocycles. The maximum Gasteiger partial charge on any atom is 0.0916 e. The Morgan fingerprint density at radius 2 is 1.43 bits per heavy atom. The second-order valence-electron chi connectivity index (χ2n) is 5.33. The Labute approximate surface area is 131 Å². The summed E-state index contributed by atoms with van der Waals surface area (Å²) >= 11 is 5.86. The van der Waals surface area contributed by atoms with Crippen molar-refractivity contribution in [3.8, 4) is 0 Å². The lowest BCUT2D eigenvalue weighted by molar-refractivity contribution is 0.138. The van der Waals surface area contributed by atoms with Gasteiger partial charge in [-0.3, -0.25) is 0 Å². The molecule has 21 heavy (non-hydrogen) atoms. The van der Waals surface area contributed by atoms with Crippen LogP contribution in [0.1, 0.15) is 22.8 Å². The summed E-state index contributed by atoms with van der Waals surface area (Å²) in [4.78, 5) is 1.97. The average Bonchev–Trinajstić information content (AvgIpc) is 2.46. The fraction of sp³-hybridized carbons (Fsp3) is 0.222. The predicted octanol–water partition coefficient (Wildman–Crippen LogP) is 4.11. The zero-order valence-corrected chi connectivity index (χ0v) is 13.1. The molecule has 0 bridgehead atoms. The molecule has 0 heterocycles. The Balaban J connectivity index is 2.03. The van der Waals surface area contributed by atoms with Gasteiger partial charge >= 0.3 is 0 Å². The maximum absolute atomic E-state index is 10.0. The minimum atomic E-state index is -0.450. The first-order valence-electron chi connectivity index (χ1n) is 6.91. The fourth-order valence-electron chi connectivity index (χ4n) is 2.05. The van der Waals surface area contributed by atoms with E-state index in [1.54, 1.807) is 0 Å². The number of hydrogen-bond acceptors (Lipinski definition) is 2. The molecule has 0 spiro atoms. The maximum atomic E-state index is 10.0. The molecule has 0 amide bonds. The van der Waals surface area contributed by atoms with Gasteiger partial charge in [0.25, 0.3) is 0 Å². The fourth-order valence-corrected chi connectivity index (χ4v) is 2.17. The number of halogens is 1. The van der Waals surface area contributed by atoms with E-state index < -0.39 is 6.10 Å². The molecule has 2 rings (SSSR count). The Hall–Kier alpha value is -1.61. The zero-order valence-electron chi connectivity index (χ0n) is 12.3. The smallest absolute Gasteiger partial charge is 0.0916 e. The summed E-state index contributed by atoms with van der Waals surface area (Å²) in [6, 6.07) is 15.7. The molecular formula is C18H20ClNO. The normalized spacial score (nSPS) is 13.0. The second-order valence-corrected chi connectivity index (χ2v) is 5.77. The first-order valence-corrected chi connectivity index (χ1v) is 7.29. The molecule has 0 aliphatic rings. The largest absolute Gasteiger partial charge is 0.387 e. The van der Waals surface area contributed by atoms with Gasteiger partial charge in [-0.2, -0.15) is 0 Å². The van der Waals surface area contributed by atoms with E-state index in [0.717, 1.165) is 21.7 Å². The molecule has 2 aromatic rings. The molecule has 0 fully saturated rings.